The highest BCUT2D eigenvalue weighted by molar-refractivity contribution is 9.10. The molecule has 2 heterocycles. The lowest BCUT2D eigenvalue weighted by Gasteiger charge is -2.14. The highest BCUT2D eigenvalue weighted by Gasteiger charge is 2.14. The molecular formula is C13H15BrN2O. The maximum atomic E-state index is 5.44. The van der Waals surface area contributed by atoms with Gasteiger partial charge in [0.1, 0.15) is 5.76 Å². The van der Waals surface area contributed by atoms with E-state index < -0.39 is 0 Å². The fourth-order valence-electron chi connectivity index (χ4n) is 1.75. The molecule has 2 aromatic rings. The third-order valence-corrected chi connectivity index (χ3v) is 3.01. The molecule has 0 fully saturated rings. The molecule has 1 atom stereocenters. The molecule has 0 radical (unpaired) electrons. The zero-order valence-corrected chi connectivity index (χ0v) is 11.3. The van der Waals surface area contributed by atoms with Crippen molar-refractivity contribution in [1.82, 2.24) is 10.3 Å². The van der Waals surface area contributed by atoms with Crippen molar-refractivity contribution in [3.63, 3.8) is 0 Å². The maximum absolute atomic E-state index is 5.44. The van der Waals surface area contributed by atoms with E-state index in [9.17, 15) is 0 Å². The Labute approximate surface area is 109 Å². The molecule has 2 rings (SSSR count). The van der Waals surface area contributed by atoms with Crippen LogP contribution in [0.15, 0.2) is 45.6 Å². The number of nitrogens with one attached hydrogen (secondary N) is 1. The van der Waals surface area contributed by atoms with Gasteiger partial charge in [-0.1, -0.05) is 6.92 Å². The van der Waals surface area contributed by atoms with Crippen molar-refractivity contribution >= 4 is 15.9 Å². The van der Waals surface area contributed by atoms with Crippen LogP contribution in [-0.2, 0) is 6.42 Å². The molecule has 0 spiro atoms. The Bertz CT molecular complexity index is 439. The van der Waals surface area contributed by atoms with Gasteiger partial charge in [0.15, 0.2) is 0 Å². The first-order valence-corrected chi connectivity index (χ1v) is 6.46. The van der Waals surface area contributed by atoms with E-state index in [0.717, 1.165) is 28.9 Å². The van der Waals surface area contributed by atoms with E-state index in [1.54, 1.807) is 6.26 Å². The number of hydrogen-bond donors (Lipinski definition) is 1. The van der Waals surface area contributed by atoms with Gasteiger partial charge in [-0.25, -0.2) is 0 Å². The van der Waals surface area contributed by atoms with Crippen LogP contribution in [0.5, 0.6) is 0 Å². The molecule has 0 saturated carbocycles. The normalized spacial score (nSPS) is 12.6. The van der Waals surface area contributed by atoms with Crippen LogP contribution in [0.4, 0.5) is 0 Å². The molecule has 0 saturated heterocycles. The van der Waals surface area contributed by atoms with Gasteiger partial charge >= 0.3 is 0 Å². The van der Waals surface area contributed by atoms with Crippen LogP contribution < -0.4 is 5.32 Å². The minimum atomic E-state index is 0.184. The number of halogens is 1. The highest BCUT2D eigenvalue weighted by Crippen LogP contribution is 2.18. The number of furan rings is 1. The molecular weight excluding hydrogens is 280 g/mol. The van der Waals surface area contributed by atoms with E-state index in [4.69, 9.17) is 4.42 Å². The molecule has 4 heteroatoms. The van der Waals surface area contributed by atoms with E-state index >= 15 is 0 Å². The standard InChI is InChI=1S/C13H15BrN2O/c1-2-15-12(13-4-3-7-17-13)8-11-6-5-10(14)9-16-11/h3-7,9,12,15H,2,8H2,1H3. The molecule has 0 bridgehead atoms. The molecule has 17 heavy (non-hydrogen) atoms. The minimum Gasteiger partial charge on any atom is -0.468 e. The average molecular weight is 295 g/mol. The summed E-state index contributed by atoms with van der Waals surface area (Å²) < 4.78 is 6.44. The Morgan fingerprint density at radius 3 is 2.88 bits per heavy atom. The third kappa shape index (κ3) is 3.41. The predicted octanol–water partition coefficient (Wildman–Crippen LogP) is 3.33. The molecule has 0 aliphatic rings. The van der Waals surface area contributed by atoms with Crippen molar-refractivity contribution in [2.24, 2.45) is 0 Å². The second-order valence-electron chi connectivity index (χ2n) is 3.80. The van der Waals surface area contributed by atoms with Crippen molar-refractivity contribution in [3.8, 4) is 0 Å². The van der Waals surface area contributed by atoms with Crippen LogP contribution >= 0.6 is 15.9 Å². The number of rotatable bonds is 5. The number of likely N-dealkylation sites (N-methyl/N-ethyl adjacent to an activating group) is 1. The molecule has 90 valence electrons. The summed E-state index contributed by atoms with van der Waals surface area (Å²) in [6, 6.07) is 8.12. The Balaban J connectivity index is 2.10. The summed E-state index contributed by atoms with van der Waals surface area (Å²) in [6.45, 7) is 2.99. The van der Waals surface area contributed by atoms with Gasteiger partial charge in [-0.2, -0.15) is 0 Å². The summed E-state index contributed by atoms with van der Waals surface area (Å²) in [5.74, 6) is 0.955. The quantitative estimate of drug-likeness (QED) is 0.919. The topological polar surface area (TPSA) is 38.1 Å². The first-order valence-electron chi connectivity index (χ1n) is 5.67. The molecule has 0 aliphatic carbocycles. The Hall–Kier alpha value is -1.13. The SMILES string of the molecule is CCNC(Cc1ccc(Br)cn1)c1ccco1. The highest BCUT2D eigenvalue weighted by atomic mass is 79.9. The monoisotopic (exact) mass is 294 g/mol. The van der Waals surface area contributed by atoms with Crippen molar-refractivity contribution < 1.29 is 4.42 Å². The lowest BCUT2D eigenvalue weighted by atomic mass is 10.1. The van der Waals surface area contributed by atoms with Gasteiger partial charge in [-0.3, -0.25) is 4.98 Å². The first-order chi connectivity index (χ1) is 8.29. The van der Waals surface area contributed by atoms with Gasteiger partial charge in [0.25, 0.3) is 0 Å². The summed E-state index contributed by atoms with van der Waals surface area (Å²) in [6.07, 6.45) is 4.35. The van der Waals surface area contributed by atoms with Gasteiger partial charge in [-0.15, -0.1) is 0 Å². The summed E-state index contributed by atoms with van der Waals surface area (Å²) in [5.41, 5.74) is 1.05. The number of hydrogen-bond acceptors (Lipinski definition) is 3. The number of nitrogens with zero attached hydrogens (tertiary/aromatic N) is 1. The second-order valence-corrected chi connectivity index (χ2v) is 4.71. The Kier molecular flexibility index (Phi) is 4.34. The largest absolute Gasteiger partial charge is 0.468 e. The average Bonchev–Trinajstić information content (AvgIpc) is 2.85. The van der Waals surface area contributed by atoms with Crippen LogP contribution in [0.2, 0.25) is 0 Å². The zero-order valence-electron chi connectivity index (χ0n) is 9.69. The molecule has 0 aromatic carbocycles. The molecule has 0 aliphatic heterocycles. The number of pyridine rings is 1. The summed E-state index contributed by atoms with van der Waals surface area (Å²) in [4.78, 5) is 4.38. The van der Waals surface area contributed by atoms with Crippen molar-refractivity contribution in [3.05, 3.63) is 52.7 Å². The Morgan fingerprint density at radius 2 is 2.29 bits per heavy atom. The van der Waals surface area contributed by atoms with Crippen molar-refractivity contribution in [1.29, 1.82) is 0 Å². The summed E-state index contributed by atoms with van der Waals surface area (Å²) >= 11 is 3.38. The molecule has 1 N–H and O–H groups in total. The van der Waals surface area contributed by atoms with E-state index in [0.29, 0.717) is 0 Å². The van der Waals surface area contributed by atoms with E-state index in [1.807, 2.05) is 30.5 Å². The first kappa shape index (κ1) is 12.3. The van der Waals surface area contributed by atoms with E-state index in [1.165, 1.54) is 0 Å². The van der Waals surface area contributed by atoms with Crippen LogP contribution in [0.25, 0.3) is 0 Å². The van der Waals surface area contributed by atoms with Gasteiger partial charge in [-0.05, 0) is 46.7 Å². The van der Waals surface area contributed by atoms with Crippen molar-refractivity contribution in [2.45, 2.75) is 19.4 Å². The second kappa shape index (κ2) is 5.98. The van der Waals surface area contributed by atoms with Crippen molar-refractivity contribution in [2.75, 3.05) is 6.54 Å². The fourth-order valence-corrected chi connectivity index (χ4v) is 1.98. The summed E-state index contributed by atoms with van der Waals surface area (Å²) in [7, 11) is 0. The molecule has 2 aromatic heterocycles. The minimum absolute atomic E-state index is 0.184. The van der Waals surface area contributed by atoms with Gasteiger partial charge in [0, 0.05) is 22.8 Å². The molecule has 1 unspecified atom stereocenters. The Morgan fingerprint density at radius 1 is 1.41 bits per heavy atom. The zero-order chi connectivity index (χ0) is 12.1. The number of aromatic nitrogens is 1. The van der Waals surface area contributed by atoms with Crippen LogP contribution in [-0.4, -0.2) is 11.5 Å². The van der Waals surface area contributed by atoms with Gasteiger partial charge in [0.2, 0.25) is 0 Å². The van der Waals surface area contributed by atoms with Gasteiger partial charge < -0.3 is 9.73 Å². The molecule has 0 amide bonds. The predicted molar refractivity (Wildman–Crippen MR) is 70.8 cm³/mol. The lowest BCUT2D eigenvalue weighted by molar-refractivity contribution is 0.414. The van der Waals surface area contributed by atoms with E-state index in [2.05, 4.69) is 33.2 Å². The van der Waals surface area contributed by atoms with E-state index in [-0.39, 0.29) is 6.04 Å². The van der Waals surface area contributed by atoms with Gasteiger partial charge in [0.05, 0.1) is 12.3 Å². The van der Waals surface area contributed by atoms with Crippen LogP contribution in [0.3, 0.4) is 0 Å². The fraction of sp³-hybridized carbons (Fsp3) is 0.308. The smallest absolute Gasteiger partial charge is 0.121 e. The molecule has 3 nitrogen and oxygen atoms in total. The maximum Gasteiger partial charge on any atom is 0.121 e. The summed E-state index contributed by atoms with van der Waals surface area (Å²) in [5, 5.41) is 3.40. The van der Waals surface area contributed by atoms with Crippen LogP contribution in [0, 0.1) is 0 Å². The van der Waals surface area contributed by atoms with Crippen LogP contribution in [0.1, 0.15) is 24.4 Å². The lowest BCUT2D eigenvalue weighted by Crippen LogP contribution is -2.22. The third-order valence-electron chi connectivity index (χ3n) is 2.54.